The predicted octanol–water partition coefficient (Wildman–Crippen LogP) is 2.98. The molecule has 0 atom stereocenters. The normalized spacial score (nSPS) is 17.3. The molecule has 1 aromatic heterocycles. The smallest absolute Gasteiger partial charge is 0.310 e. The SMILES string of the molecule is CC(C)(NCc1ccn(C2CCCC2)n1)C(C)(C)C(=O)O. The third-order valence-electron chi connectivity index (χ3n) is 5.17. The van der Waals surface area contributed by atoms with Gasteiger partial charge in [-0.15, -0.1) is 0 Å². The number of nitrogens with zero attached hydrogens (tertiary/aromatic N) is 2. The van der Waals surface area contributed by atoms with Gasteiger partial charge in [-0.1, -0.05) is 12.8 Å². The highest BCUT2D eigenvalue weighted by Gasteiger charge is 2.43. The quantitative estimate of drug-likeness (QED) is 0.846. The molecule has 1 aliphatic rings. The zero-order valence-electron chi connectivity index (χ0n) is 13.5. The van der Waals surface area contributed by atoms with Gasteiger partial charge in [-0.25, -0.2) is 0 Å². The second-order valence-corrected chi connectivity index (χ2v) is 7.13. The lowest BCUT2D eigenvalue weighted by Gasteiger charge is -2.38. The predicted molar refractivity (Wildman–Crippen MR) is 82.1 cm³/mol. The van der Waals surface area contributed by atoms with Crippen molar-refractivity contribution in [2.75, 3.05) is 0 Å². The molecule has 1 saturated carbocycles. The molecule has 5 heteroatoms. The molecule has 0 radical (unpaired) electrons. The van der Waals surface area contributed by atoms with E-state index in [2.05, 4.69) is 15.1 Å². The van der Waals surface area contributed by atoms with Gasteiger partial charge in [-0.3, -0.25) is 9.48 Å². The summed E-state index contributed by atoms with van der Waals surface area (Å²) in [6.07, 6.45) is 7.05. The first kappa shape index (κ1) is 16.0. The molecule has 0 aliphatic heterocycles. The van der Waals surface area contributed by atoms with Crippen molar-refractivity contribution in [2.45, 2.75) is 71.5 Å². The van der Waals surface area contributed by atoms with Crippen LogP contribution in [0.4, 0.5) is 0 Å². The van der Waals surface area contributed by atoms with E-state index in [0.717, 1.165) is 5.69 Å². The van der Waals surface area contributed by atoms with Crippen LogP contribution in [0, 0.1) is 5.41 Å². The summed E-state index contributed by atoms with van der Waals surface area (Å²) in [5.74, 6) is -0.795. The lowest BCUT2D eigenvalue weighted by Crippen LogP contribution is -2.54. The number of carboxylic acid groups (broad SMARTS) is 1. The first-order valence-corrected chi connectivity index (χ1v) is 7.76. The van der Waals surface area contributed by atoms with E-state index in [9.17, 15) is 9.90 Å². The molecule has 1 aliphatic carbocycles. The van der Waals surface area contributed by atoms with Crippen LogP contribution in [0.3, 0.4) is 0 Å². The molecule has 0 spiro atoms. The fourth-order valence-electron chi connectivity index (χ4n) is 2.64. The molecular weight excluding hydrogens is 266 g/mol. The van der Waals surface area contributed by atoms with Gasteiger partial charge in [-0.2, -0.15) is 5.10 Å². The first-order chi connectivity index (χ1) is 9.74. The van der Waals surface area contributed by atoms with Gasteiger partial charge >= 0.3 is 5.97 Å². The fraction of sp³-hybridized carbons (Fsp3) is 0.750. The Hall–Kier alpha value is -1.36. The highest BCUT2D eigenvalue weighted by atomic mass is 16.4. The molecule has 21 heavy (non-hydrogen) atoms. The van der Waals surface area contributed by atoms with Gasteiger partial charge in [-0.05, 0) is 46.6 Å². The summed E-state index contributed by atoms with van der Waals surface area (Å²) < 4.78 is 2.07. The zero-order chi connectivity index (χ0) is 15.7. The second kappa shape index (κ2) is 5.79. The molecule has 5 nitrogen and oxygen atoms in total. The summed E-state index contributed by atoms with van der Waals surface area (Å²) in [5, 5.41) is 17.3. The molecule has 1 fully saturated rings. The number of aromatic nitrogens is 2. The van der Waals surface area contributed by atoms with Crippen LogP contribution in [0.15, 0.2) is 12.3 Å². The standard InChI is InChI=1S/C16H27N3O2/c1-15(2,14(20)21)16(3,4)17-11-12-9-10-19(18-12)13-7-5-6-8-13/h9-10,13,17H,5-8,11H2,1-4H3,(H,20,21). The summed E-state index contributed by atoms with van der Waals surface area (Å²) in [6, 6.07) is 2.57. The van der Waals surface area contributed by atoms with E-state index in [1.54, 1.807) is 13.8 Å². The average Bonchev–Trinajstić information content (AvgIpc) is 3.07. The van der Waals surface area contributed by atoms with Crippen LogP contribution in [-0.4, -0.2) is 26.4 Å². The van der Waals surface area contributed by atoms with Crippen LogP contribution >= 0.6 is 0 Å². The zero-order valence-corrected chi connectivity index (χ0v) is 13.5. The van der Waals surface area contributed by atoms with Gasteiger partial charge in [0.2, 0.25) is 0 Å². The molecule has 0 saturated heterocycles. The summed E-state index contributed by atoms with van der Waals surface area (Å²) >= 11 is 0. The molecule has 2 N–H and O–H groups in total. The molecular formula is C16H27N3O2. The fourth-order valence-corrected chi connectivity index (χ4v) is 2.64. The third-order valence-corrected chi connectivity index (χ3v) is 5.17. The Morgan fingerprint density at radius 3 is 2.57 bits per heavy atom. The van der Waals surface area contributed by atoms with Crippen LogP contribution in [0.5, 0.6) is 0 Å². The van der Waals surface area contributed by atoms with E-state index in [1.165, 1.54) is 25.7 Å². The Morgan fingerprint density at radius 2 is 2.00 bits per heavy atom. The van der Waals surface area contributed by atoms with Crippen molar-refractivity contribution in [3.63, 3.8) is 0 Å². The Kier molecular flexibility index (Phi) is 4.42. The number of hydrogen-bond donors (Lipinski definition) is 2. The molecule has 0 amide bonds. The Morgan fingerprint density at radius 1 is 1.38 bits per heavy atom. The van der Waals surface area contributed by atoms with Gasteiger partial charge in [0, 0.05) is 18.3 Å². The minimum absolute atomic E-state index is 0.518. The number of hydrogen-bond acceptors (Lipinski definition) is 3. The van der Waals surface area contributed by atoms with E-state index in [4.69, 9.17) is 0 Å². The third kappa shape index (κ3) is 3.28. The van der Waals surface area contributed by atoms with Crippen molar-refractivity contribution in [3.05, 3.63) is 18.0 Å². The van der Waals surface area contributed by atoms with Crippen molar-refractivity contribution in [3.8, 4) is 0 Å². The molecule has 2 rings (SSSR count). The monoisotopic (exact) mass is 293 g/mol. The van der Waals surface area contributed by atoms with Crippen LogP contribution < -0.4 is 5.32 Å². The van der Waals surface area contributed by atoms with Crippen molar-refractivity contribution in [2.24, 2.45) is 5.41 Å². The molecule has 0 bridgehead atoms. The van der Waals surface area contributed by atoms with Crippen LogP contribution in [0.2, 0.25) is 0 Å². The Labute approximate surface area is 126 Å². The van der Waals surface area contributed by atoms with Gasteiger partial charge < -0.3 is 10.4 Å². The summed E-state index contributed by atoms with van der Waals surface area (Å²) in [6.45, 7) is 7.94. The molecule has 0 aromatic carbocycles. The Bertz CT molecular complexity index is 499. The van der Waals surface area contributed by atoms with E-state index in [1.807, 2.05) is 26.1 Å². The number of nitrogens with one attached hydrogen (secondary N) is 1. The molecule has 1 aromatic rings. The summed E-state index contributed by atoms with van der Waals surface area (Å²) in [7, 11) is 0. The van der Waals surface area contributed by atoms with Gasteiger partial charge in [0.15, 0.2) is 0 Å². The maximum absolute atomic E-state index is 11.4. The lowest BCUT2D eigenvalue weighted by atomic mass is 9.74. The van der Waals surface area contributed by atoms with Crippen LogP contribution in [0.25, 0.3) is 0 Å². The lowest BCUT2D eigenvalue weighted by molar-refractivity contribution is -0.151. The minimum atomic E-state index is -0.846. The summed E-state index contributed by atoms with van der Waals surface area (Å²) in [5.41, 5.74) is -0.395. The molecule has 0 unspecified atom stereocenters. The topological polar surface area (TPSA) is 67.2 Å². The average molecular weight is 293 g/mol. The highest BCUT2D eigenvalue weighted by molar-refractivity contribution is 5.75. The van der Waals surface area contributed by atoms with E-state index in [0.29, 0.717) is 12.6 Å². The van der Waals surface area contributed by atoms with Crippen LogP contribution in [0.1, 0.15) is 65.1 Å². The van der Waals surface area contributed by atoms with Gasteiger partial charge in [0.1, 0.15) is 0 Å². The summed E-state index contributed by atoms with van der Waals surface area (Å²) in [4.78, 5) is 11.4. The Balaban J connectivity index is 1.98. The number of aliphatic carboxylic acids is 1. The van der Waals surface area contributed by atoms with Gasteiger partial charge in [0.25, 0.3) is 0 Å². The number of rotatable bonds is 6. The van der Waals surface area contributed by atoms with Crippen LogP contribution in [-0.2, 0) is 11.3 Å². The maximum Gasteiger partial charge on any atom is 0.310 e. The van der Waals surface area contributed by atoms with Crippen molar-refractivity contribution >= 4 is 5.97 Å². The van der Waals surface area contributed by atoms with Crippen molar-refractivity contribution in [1.29, 1.82) is 0 Å². The highest BCUT2D eigenvalue weighted by Crippen LogP contribution is 2.31. The second-order valence-electron chi connectivity index (χ2n) is 7.13. The van der Waals surface area contributed by atoms with E-state index >= 15 is 0 Å². The van der Waals surface area contributed by atoms with Crippen molar-refractivity contribution in [1.82, 2.24) is 15.1 Å². The number of carboxylic acids is 1. The van der Waals surface area contributed by atoms with E-state index in [-0.39, 0.29) is 0 Å². The van der Waals surface area contributed by atoms with Gasteiger partial charge in [0.05, 0.1) is 17.2 Å². The maximum atomic E-state index is 11.4. The number of carbonyl (C=O) groups is 1. The van der Waals surface area contributed by atoms with Crippen molar-refractivity contribution < 1.29 is 9.90 Å². The molecule has 1 heterocycles. The largest absolute Gasteiger partial charge is 0.481 e. The first-order valence-electron chi connectivity index (χ1n) is 7.76. The minimum Gasteiger partial charge on any atom is -0.481 e. The van der Waals surface area contributed by atoms with E-state index < -0.39 is 16.9 Å². The molecule has 118 valence electrons.